The average Bonchev–Trinajstić information content (AvgIpc) is 2.97. The summed E-state index contributed by atoms with van der Waals surface area (Å²) < 4.78 is 17.8. The predicted octanol–water partition coefficient (Wildman–Crippen LogP) is 2.71. The Kier molecular flexibility index (Phi) is 5.08. The third-order valence-electron chi connectivity index (χ3n) is 3.49. The van der Waals surface area contributed by atoms with Crippen molar-refractivity contribution in [2.45, 2.75) is 0 Å². The Hall–Kier alpha value is -3.40. The van der Waals surface area contributed by atoms with Crippen LogP contribution in [0.5, 0.6) is 11.5 Å². The molecule has 1 N–H and O–H groups in total. The van der Waals surface area contributed by atoms with Gasteiger partial charge in [0.2, 0.25) is 0 Å². The molecule has 1 fully saturated rings. The summed E-state index contributed by atoms with van der Waals surface area (Å²) in [7, 11) is 1.22. The van der Waals surface area contributed by atoms with E-state index in [-0.39, 0.29) is 27.1 Å². The van der Waals surface area contributed by atoms with E-state index in [1.807, 2.05) is 0 Å². The highest BCUT2D eigenvalue weighted by molar-refractivity contribution is 8.18. The molecular formula is C17H11FN3O5S-. The Morgan fingerprint density at radius 1 is 1.30 bits per heavy atom. The molecule has 0 aromatic heterocycles. The Bertz CT molecular complexity index is 989. The molecule has 10 heteroatoms. The number of hydrogen-bond donors (Lipinski definition) is 1. The summed E-state index contributed by atoms with van der Waals surface area (Å²) in [6.07, 6.45) is 1.24. The van der Waals surface area contributed by atoms with Crippen molar-refractivity contribution in [2.24, 2.45) is 4.99 Å². The summed E-state index contributed by atoms with van der Waals surface area (Å²) in [5.74, 6) is -1.69. The Morgan fingerprint density at radius 2 is 2.00 bits per heavy atom. The molecule has 1 amide bonds. The van der Waals surface area contributed by atoms with Crippen molar-refractivity contribution in [2.75, 3.05) is 7.11 Å². The zero-order chi connectivity index (χ0) is 19.6. The zero-order valence-electron chi connectivity index (χ0n) is 13.8. The van der Waals surface area contributed by atoms with E-state index in [1.165, 1.54) is 37.5 Å². The maximum absolute atomic E-state index is 12.9. The molecule has 1 aliphatic heterocycles. The summed E-state index contributed by atoms with van der Waals surface area (Å²) in [5, 5.41) is 26.0. The molecule has 1 saturated heterocycles. The van der Waals surface area contributed by atoms with Gasteiger partial charge in [0.15, 0.2) is 5.17 Å². The zero-order valence-corrected chi connectivity index (χ0v) is 14.6. The monoisotopic (exact) mass is 388 g/mol. The third kappa shape index (κ3) is 4.06. The Balaban J connectivity index is 1.94. The number of nitro groups is 1. The van der Waals surface area contributed by atoms with E-state index < -0.39 is 22.4 Å². The van der Waals surface area contributed by atoms with Gasteiger partial charge in [-0.25, -0.2) is 9.38 Å². The SMILES string of the molecule is COc1cc([N+](=O)[O-])cc(/C=C2\SC(=Nc3ccc(F)cc3)NC2=O)c1[O-]. The Morgan fingerprint density at radius 3 is 2.63 bits per heavy atom. The molecule has 0 unspecified atom stereocenters. The van der Waals surface area contributed by atoms with Gasteiger partial charge in [0, 0.05) is 6.07 Å². The maximum Gasteiger partial charge on any atom is 0.273 e. The first-order valence-corrected chi connectivity index (χ1v) is 8.27. The second-order valence-corrected chi connectivity index (χ2v) is 6.31. The fourth-order valence-electron chi connectivity index (χ4n) is 2.23. The number of nitrogens with zero attached hydrogens (tertiary/aromatic N) is 2. The molecule has 0 radical (unpaired) electrons. The van der Waals surface area contributed by atoms with E-state index >= 15 is 0 Å². The molecule has 0 aliphatic carbocycles. The van der Waals surface area contributed by atoms with Crippen LogP contribution in [0.15, 0.2) is 46.3 Å². The normalized spacial score (nSPS) is 16.6. The number of aliphatic imine (C=N–C) groups is 1. The average molecular weight is 388 g/mol. The van der Waals surface area contributed by atoms with Gasteiger partial charge in [0.05, 0.1) is 28.7 Å². The highest BCUT2D eigenvalue weighted by Crippen LogP contribution is 2.36. The van der Waals surface area contributed by atoms with Crippen molar-refractivity contribution in [3.63, 3.8) is 0 Å². The molecule has 0 bridgehead atoms. The lowest BCUT2D eigenvalue weighted by Crippen LogP contribution is -2.19. The van der Waals surface area contributed by atoms with Gasteiger partial charge in [-0.05, 0) is 47.7 Å². The summed E-state index contributed by atoms with van der Waals surface area (Å²) >= 11 is 0.956. The van der Waals surface area contributed by atoms with E-state index in [1.54, 1.807) is 0 Å². The summed E-state index contributed by atoms with van der Waals surface area (Å²) in [6.45, 7) is 0. The highest BCUT2D eigenvalue weighted by Gasteiger charge is 2.24. The van der Waals surface area contributed by atoms with Gasteiger partial charge < -0.3 is 15.2 Å². The second-order valence-electron chi connectivity index (χ2n) is 5.28. The first-order chi connectivity index (χ1) is 12.9. The van der Waals surface area contributed by atoms with Crippen LogP contribution in [0.1, 0.15) is 5.56 Å². The number of rotatable bonds is 4. The van der Waals surface area contributed by atoms with Gasteiger partial charge in [0.25, 0.3) is 11.6 Å². The molecule has 0 spiro atoms. The third-order valence-corrected chi connectivity index (χ3v) is 4.40. The quantitative estimate of drug-likeness (QED) is 0.489. The minimum Gasteiger partial charge on any atom is -0.870 e. The minimum atomic E-state index is -0.659. The number of ether oxygens (including phenoxy) is 1. The lowest BCUT2D eigenvalue weighted by atomic mass is 10.1. The van der Waals surface area contributed by atoms with E-state index in [0.717, 1.165) is 23.9 Å². The van der Waals surface area contributed by atoms with Gasteiger partial charge in [0.1, 0.15) is 11.6 Å². The Labute approximate surface area is 156 Å². The smallest absolute Gasteiger partial charge is 0.273 e. The maximum atomic E-state index is 12.9. The number of carbonyl (C=O) groups excluding carboxylic acids is 1. The van der Waals surface area contributed by atoms with Crippen LogP contribution < -0.4 is 15.2 Å². The number of hydrogen-bond acceptors (Lipinski definition) is 7. The van der Waals surface area contributed by atoms with Gasteiger partial charge in [-0.3, -0.25) is 14.9 Å². The van der Waals surface area contributed by atoms with Crippen molar-refractivity contribution in [1.82, 2.24) is 5.32 Å². The lowest BCUT2D eigenvalue weighted by Gasteiger charge is -2.15. The largest absolute Gasteiger partial charge is 0.870 e. The van der Waals surface area contributed by atoms with Crippen LogP contribution in [0.3, 0.4) is 0 Å². The first kappa shape index (κ1) is 18.4. The van der Waals surface area contributed by atoms with E-state index in [0.29, 0.717) is 5.69 Å². The van der Waals surface area contributed by atoms with Crippen LogP contribution in [-0.4, -0.2) is 23.1 Å². The molecule has 1 heterocycles. The fourth-order valence-corrected chi connectivity index (χ4v) is 3.06. The molecule has 2 aromatic carbocycles. The second kappa shape index (κ2) is 7.46. The van der Waals surface area contributed by atoms with E-state index in [2.05, 4.69) is 10.3 Å². The molecule has 0 saturated carbocycles. The number of thioether (sulfide) groups is 1. The van der Waals surface area contributed by atoms with Crippen molar-refractivity contribution in [3.8, 4) is 11.5 Å². The number of halogens is 1. The molecule has 1 aliphatic rings. The van der Waals surface area contributed by atoms with Crippen molar-refractivity contribution >= 4 is 40.3 Å². The molecule has 27 heavy (non-hydrogen) atoms. The number of nitro benzene ring substituents is 1. The van der Waals surface area contributed by atoms with Crippen LogP contribution in [0.2, 0.25) is 0 Å². The molecular weight excluding hydrogens is 377 g/mol. The standard InChI is InChI=1S/C17H12FN3O5S/c1-26-13-8-12(21(24)25)6-9(15(13)22)7-14-16(23)20-17(27-14)19-11-4-2-10(18)3-5-11/h2-8,22H,1H3,(H,19,20,23)/p-1/b14-7-. The number of amides is 1. The van der Waals surface area contributed by atoms with Crippen molar-refractivity contribution in [3.05, 3.63) is 62.8 Å². The van der Waals surface area contributed by atoms with E-state index in [4.69, 9.17) is 4.74 Å². The summed E-state index contributed by atoms with van der Waals surface area (Å²) in [4.78, 5) is 26.8. The van der Waals surface area contributed by atoms with Gasteiger partial charge >= 0.3 is 0 Å². The number of carbonyl (C=O) groups is 1. The van der Waals surface area contributed by atoms with Crippen molar-refractivity contribution < 1.29 is 24.0 Å². The molecule has 138 valence electrons. The number of benzene rings is 2. The molecule has 8 nitrogen and oxygen atoms in total. The van der Waals surface area contributed by atoms with Crippen LogP contribution in [-0.2, 0) is 4.79 Å². The fraction of sp³-hybridized carbons (Fsp3) is 0.0588. The highest BCUT2D eigenvalue weighted by atomic mass is 32.2. The predicted molar refractivity (Wildman–Crippen MR) is 96.3 cm³/mol. The summed E-state index contributed by atoms with van der Waals surface area (Å²) in [6, 6.07) is 7.44. The number of nitrogens with one attached hydrogen (secondary N) is 1. The van der Waals surface area contributed by atoms with Gasteiger partial charge in [-0.2, -0.15) is 0 Å². The van der Waals surface area contributed by atoms with Gasteiger partial charge in [-0.15, -0.1) is 0 Å². The number of amidine groups is 1. The van der Waals surface area contributed by atoms with Crippen LogP contribution in [0, 0.1) is 15.9 Å². The van der Waals surface area contributed by atoms with Crippen LogP contribution in [0.25, 0.3) is 6.08 Å². The number of non-ortho nitro benzene ring substituents is 1. The van der Waals surface area contributed by atoms with Gasteiger partial charge in [-0.1, -0.05) is 5.75 Å². The topological polar surface area (TPSA) is 117 Å². The first-order valence-electron chi connectivity index (χ1n) is 7.46. The molecule has 3 rings (SSSR count). The minimum absolute atomic E-state index is 0.0540. The number of methoxy groups -OCH3 is 1. The van der Waals surface area contributed by atoms with Crippen molar-refractivity contribution in [1.29, 1.82) is 0 Å². The lowest BCUT2D eigenvalue weighted by molar-refractivity contribution is -0.385. The van der Waals surface area contributed by atoms with E-state index in [9.17, 15) is 24.4 Å². The van der Waals surface area contributed by atoms with Crippen LogP contribution in [0.4, 0.5) is 15.8 Å². The molecule has 2 aromatic rings. The summed E-state index contributed by atoms with van der Waals surface area (Å²) in [5.41, 5.74) is 0.0469. The van der Waals surface area contributed by atoms with Crippen LogP contribution >= 0.6 is 11.8 Å². The molecule has 0 atom stereocenters.